The van der Waals surface area contributed by atoms with Crippen molar-refractivity contribution < 1.29 is 4.79 Å². The number of halogens is 1. The lowest BCUT2D eigenvalue weighted by atomic mass is 10.2. The van der Waals surface area contributed by atoms with Crippen LogP contribution in [0.5, 0.6) is 0 Å². The SMILES string of the molecule is O=C(Cn1cccn1)N1c2ccccc2Sc2ccc(Cl)cc21. The number of amides is 1. The summed E-state index contributed by atoms with van der Waals surface area (Å²) in [7, 11) is 0. The van der Waals surface area contributed by atoms with E-state index in [-0.39, 0.29) is 12.5 Å². The summed E-state index contributed by atoms with van der Waals surface area (Å²) in [5.41, 5.74) is 1.70. The fourth-order valence-electron chi connectivity index (χ4n) is 2.60. The van der Waals surface area contributed by atoms with E-state index in [0.29, 0.717) is 5.02 Å². The average Bonchev–Trinajstić information content (AvgIpc) is 3.05. The second-order valence-corrected chi connectivity index (χ2v) is 6.63. The Morgan fingerprint density at radius 2 is 1.91 bits per heavy atom. The van der Waals surface area contributed by atoms with Crippen LogP contribution in [-0.4, -0.2) is 15.7 Å². The van der Waals surface area contributed by atoms with Crippen LogP contribution >= 0.6 is 23.4 Å². The Kier molecular flexibility index (Phi) is 3.59. The van der Waals surface area contributed by atoms with Gasteiger partial charge in [0.05, 0.1) is 11.4 Å². The maximum absolute atomic E-state index is 12.9. The summed E-state index contributed by atoms with van der Waals surface area (Å²) < 4.78 is 1.62. The number of hydrogen-bond acceptors (Lipinski definition) is 3. The zero-order valence-corrected chi connectivity index (χ0v) is 13.6. The number of nitrogens with zero attached hydrogens (tertiary/aromatic N) is 3. The van der Waals surface area contributed by atoms with E-state index in [0.717, 1.165) is 21.2 Å². The summed E-state index contributed by atoms with van der Waals surface area (Å²) in [6, 6.07) is 15.3. The number of rotatable bonds is 2. The van der Waals surface area contributed by atoms with Gasteiger partial charge in [-0.15, -0.1) is 0 Å². The number of fused-ring (bicyclic) bond motifs is 2. The predicted molar refractivity (Wildman–Crippen MR) is 91.4 cm³/mol. The highest BCUT2D eigenvalue weighted by Gasteiger charge is 2.28. The van der Waals surface area contributed by atoms with Gasteiger partial charge in [-0.2, -0.15) is 5.10 Å². The molecule has 0 bridgehead atoms. The molecule has 1 amide bonds. The van der Waals surface area contributed by atoms with E-state index >= 15 is 0 Å². The highest BCUT2D eigenvalue weighted by molar-refractivity contribution is 7.99. The molecule has 0 radical (unpaired) electrons. The summed E-state index contributed by atoms with van der Waals surface area (Å²) in [5, 5.41) is 4.73. The highest BCUT2D eigenvalue weighted by Crippen LogP contribution is 2.48. The van der Waals surface area contributed by atoms with E-state index in [9.17, 15) is 4.79 Å². The molecule has 0 fully saturated rings. The van der Waals surface area contributed by atoms with Gasteiger partial charge in [-0.05, 0) is 36.4 Å². The first-order valence-electron chi connectivity index (χ1n) is 7.09. The monoisotopic (exact) mass is 341 g/mol. The van der Waals surface area contributed by atoms with Crippen LogP contribution in [0.25, 0.3) is 0 Å². The number of hydrogen-bond donors (Lipinski definition) is 0. The molecule has 0 unspecified atom stereocenters. The molecule has 23 heavy (non-hydrogen) atoms. The number of carbonyl (C=O) groups excluding carboxylic acids is 1. The van der Waals surface area contributed by atoms with Gasteiger partial charge in [-0.1, -0.05) is 35.5 Å². The van der Waals surface area contributed by atoms with E-state index in [4.69, 9.17) is 11.6 Å². The zero-order valence-electron chi connectivity index (χ0n) is 12.0. The lowest BCUT2D eigenvalue weighted by Gasteiger charge is -2.31. The van der Waals surface area contributed by atoms with Crippen LogP contribution in [0.1, 0.15) is 0 Å². The normalized spacial score (nSPS) is 12.7. The molecule has 1 aliphatic rings. The summed E-state index contributed by atoms with van der Waals surface area (Å²) >= 11 is 7.80. The fraction of sp³-hybridized carbons (Fsp3) is 0.0588. The van der Waals surface area contributed by atoms with Crippen molar-refractivity contribution in [1.29, 1.82) is 0 Å². The van der Waals surface area contributed by atoms with Crippen LogP contribution in [0.15, 0.2) is 70.7 Å². The van der Waals surface area contributed by atoms with Gasteiger partial charge >= 0.3 is 0 Å². The Bertz CT molecular complexity index is 879. The van der Waals surface area contributed by atoms with Crippen LogP contribution in [-0.2, 0) is 11.3 Å². The van der Waals surface area contributed by atoms with Crippen LogP contribution in [0.3, 0.4) is 0 Å². The molecular weight excluding hydrogens is 330 g/mol. The molecule has 0 aliphatic carbocycles. The van der Waals surface area contributed by atoms with Crippen molar-refractivity contribution in [2.75, 3.05) is 4.90 Å². The Morgan fingerprint density at radius 1 is 1.09 bits per heavy atom. The Balaban J connectivity index is 1.81. The van der Waals surface area contributed by atoms with Crippen LogP contribution in [0.4, 0.5) is 11.4 Å². The topological polar surface area (TPSA) is 38.1 Å². The molecule has 1 aliphatic heterocycles. The standard InChI is InChI=1S/C17H12ClN3OS/c18-12-6-7-16-14(10-12)21(13-4-1-2-5-15(13)23-16)17(22)11-20-9-3-8-19-20/h1-10H,11H2. The largest absolute Gasteiger partial charge is 0.277 e. The quantitative estimate of drug-likeness (QED) is 0.694. The van der Waals surface area contributed by atoms with Gasteiger partial charge in [0.25, 0.3) is 5.91 Å². The van der Waals surface area contributed by atoms with Crippen molar-refractivity contribution in [2.24, 2.45) is 0 Å². The maximum Gasteiger partial charge on any atom is 0.253 e. The highest BCUT2D eigenvalue weighted by atomic mass is 35.5. The Morgan fingerprint density at radius 3 is 2.74 bits per heavy atom. The number of para-hydroxylation sites is 1. The van der Waals surface area contributed by atoms with E-state index in [1.807, 2.05) is 42.5 Å². The van der Waals surface area contributed by atoms with Crippen molar-refractivity contribution in [1.82, 2.24) is 9.78 Å². The molecule has 2 aromatic carbocycles. The first kappa shape index (κ1) is 14.4. The van der Waals surface area contributed by atoms with Crippen molar-refractivity contribution in [3.05, 3.63) is 65.9 Å². The molecule has 1 aromatic heterocycles. The second kappa shape index (κ2) is 5.76. The summed E-state index contributed by atoms with van der Waals surface area (Å²) in [6.07, 6.45) is 3.44. The first-order chi connectivity index (χ1) is 11.2. The Labute approximate surface area is 142 Å². The molecule has 0 atom stereocenters. The van der Waals surface area contributed by atoms with Crippen molar-refractivity contribution in [2.45, 2.75) is 16.3 Å². The number of carbonyl (C=O) groups is 1. The minimum absolute atomic E-state index is 0.0510. The second-order valence-electron chi connectivity index (χ2n) is 5.11. The predicted octanol–water partition coefficient (Wildman–Crippen LogP) is 4.37. The molecular formula is C17H12ClN3OS. The van der Waals surface area contributed by atoms with Gasteiger partial charge in [0, 0.05) is 27.2 Å². The van der Waals surface area contributed by atoms with E-state index in [1.165, 1.54) is 0 Å². The van der Waals surface area contributed by atoms with Gasteiger partial charge < -0.3 is 0 Å². The van der Waals surface area contributed by atoms with E-state index in [2.05, 4.69) is 5.10 Å². The lowest BCUT2D eigenvalue weighted by molar-refractivity contribution is -0.118. The van der Waals surface area contributed by atoms with Gasteiger partial charge in [-0.3, -0.25) is 14.4 Å². The number of benzene rings is 2. The third kappa shape index (κ3) is 2.62. The minimum Gasteiger partial charge on any atom is -0.277 e. The molecule has 3 aromatic rings. The van der Waals surface area contributed by atoms with E-state index < -0.39 is 0 Å². The number of anilines is 2. The molecule has 0 spiro atoms. The van der Waals surface area contributed by atoms with Crippen molar-refractivity contribution >= 4 is 40.6 Å². The zero-order chi connectivity index (χ0) is 15.8. The molecule has 0 saturated carbocycles. The van der Waals surface area contributed by atoms with Crippen LogP contribution in [0.2, 0.25) is 5.02 Å². The average molecular weight is 342 g/mol. The van der Waals surface area contributed by atoms with Crippen LogP contribution in [0, 0.1) is 0 Å². The molecule has 4 rings (SSSR count). The van der Waals surface area contributed by atoms with Crippen LogP contribution < -0.4 is 4.90 Å². The Hall–Kier alpha value is -2.24. The molecule has 2 heterocycles. The lowest BCUT2D eigenvalue weighted by Crippen LogP contribution is -2.31. The minimum atomic E-state index is -0.0510. The van der Waals surface area contributed by atoms with Gasteiger partial charge in [0.15, 0.2) is 0 Å². The molecule has 0 saturated heterocycles. The first-order valence-corrected chi connectivity index (χ1v) is 8.28. The van der Waals surface area contributed by atoms with Crippen molar-refractivity contribution in [3.8, 4) is 0 Å². The summed E-state index contributed by atoms with van der Waals surface area (Å²) in [6.45, 7) is 0.179. The molecule has 4 nitrogen and oxygen atoms in total. The number of aromatic nitrogens is 2. The maximum atomic E-state index is 12.9. The molecule has 0 N–H and O–H groups in total. The summed E-state index contributed by atoms with van der Waals surface area (Å²) in [5.74, 6) is -0.0510. The summed E-state index contributed by atoms with van der Waals surface area (Å²) in [4.78, 5) is 16.7. The van der Waals surface area contributed by atoms with Gasteiger partial charge in [0.1, 0.15) is 6.54 Å². The van der Waals surface area contributed by atoms with Crippen molar-refractivity contribution in [3.63, 3.8) is 0 Å². The fourth-order valence-corrected chi connectivity index (χ4v) is 3.80. The third-order valence-corrected chi connectivity index (χ3v) is 4.96. The smallest absolute Gasteiger partial charge is 0.253 e. The van der Waals surface area contributed by atoms with E-state index in [1.54, 1.807) is 39.8 Å². The van der Waals surface area contributed by atoms with Gasteiger partial charge in [-0.25, -0.2) is 0 Å². The van der Waals surface area contributed by atoms with Gasteiger partial charge in [0.2, 0.25) is 0 Å². The third-order valence-electron chi connectivity index (χ3n) is 3.59. The molecule has 114 valence electrons. The molecule has 6 heteroatoms.